The molecule has 2 aromatic rings. The average Bonchev–Trinajstić information content (AvgIpc) is 3.45. The van der Waals surface area contributed by atoms with Crippen LogP contribution in [0.2, 0.25) is 0 Å². The molecule has 1 saturated heterocycles. The third-order valence-electron chi connectivity index (χ3n) is 5.27. The van der Waals surface area contributed by atoms with E-state index >= 15 is 0 Å². The number of carboxylic acid groups (broad SMARTS) is 1. The van der Waals surface area contributed by atoms with Crippen molar-refractivity contribution in [2.45, 2.75) is 42.2 Å². The van der Waals surface area contributed by atoms with Crippen molar-refractivity contribution in [3.05, 3.63) is 28.9 Å². The van der Waals surface area contributed by atoms with E-state index < -0.39 is 12.0 Å². The van der Waals surface area contributed by atoms with Crippen LogP contribution in [0.4, 0.5) is 0 Å². The van der Waals surface area contributed by atoms with Gasteiger partial charge in [-0.25, -0.2) is 14.3 Å². The number of hydrogen-bond acceptors (Lipinski definition) is 9. The summed E-state index contributed by atoms with van der Waals surface area (Å²) in [5.74, 6) is -0.608. The molecule has 4 N–H and O–H groups in total. The van der Waals surface area contributed by atoms with Crippen LogP contribution in [0.5, 0.6) is 0 Å². The molecule has 2 aromatic heterocycles. The number of aryl methyl sites for hydroxylation is 1. The van der Waals surface area contributed by atoms with E-state index in [0.717, 1.165) is 18.5 Å². The number of carbonyl (C=O) groups excluding carboxylic acids is 2. The number of aromatic nitrogens is 4. The van der Waals surface area contributed by atoms with Crippen molar-refractivity contribution < 1.29 is 19.5 Å². The lowest BCUT2D eigenvalue weighted by Gasteiger charge is -2.48. The summed E-state index contributed by atoms with van der Waals surface area (Å²) in [7, 11) is 0. The molecule has 13 heteroatoms. The first-order valence-corrected chi connectivity index (χ1v) is 11.7. The number of rotatable bonds is 6. The maximum absolute atomic E-state index is 12.2. The van der Waals surface area contributed by atoms with Gasteiger partial charge in [-0.15, -0.1) is 28.6 Å². The van der Waals surface area contributed by atoms with Gasteiger partial charge in [0, 0.05) is 23.2 Å². The van der Waals surface area contributed by atoms with Crippen molar-refractivity contribution in [1.82, 2.24) is 29.8 Å². The topological polar surface area (TPSA) is 156 Å². The van der Waals surface area contributed by atoms with Crippen molar-refractivity contribution >= 4 is 47.1 Å². The second-order valence-electron chi connectivity index (χ2n) is 7.61. The molecule has 0 unspecified atom stereocenters. The number of nitrogens with zero attached hydrogens (tertiary/aromatic N) is 5. The standard InChI is InChI=1S/C18H19N7O4S2/c1-7-4-10(21-18-22-13(23-25(7)18)14(26)20-9-2-3-9)30-5-8-6-31-16-11(19)15(27)24(16)12(8)17(28)29/h4,9,11,16H,2-3,5-6,19H2,1H3,(H,20,26)(H,28,29)/t11-,16-/m1/s1. The van der Waals surface area contributed by atoms with Crippen LogP contribution in [0.25, 0.3) is 5.78 Å². The maximum Gasteiger partial charge on any atom is 0.352 e. The molecule has 1 saturated carbocycles. The number of nitrogens with one attached hydrogen (secondary N) is 1. The summed E-state index contributed by atoms with van der Waals surface area (Å²) in [5.41, 5.74) is 7.19. The molecule has 2 fully saturated rings. The number of carbonyl (C=O) groups is 3. The van der Waals surface area contributed by atoms with Crippen molar-refractivity contribution in [3.8, 4) is 0 Å². The van der Waals surface area contributed by atoms with E-state index in [1.165, 1.54) is 32.9 Å². The smallest absolute Gasteiger partial charge is 0.352 e. The highest BCUT2D eigenvalue weighted by Gasteiger charge is 2.51. The summed E-state index contributed by atoms with van der Waals surface area (Å²) >= 11 is 2.81. The molecule has 4 heterocycles. The van der Waals surface area contributed by atoms with Crippen molar-refractivity contribution in [3.63, 3.8) is 0 Å². The first kappa shape index (κ1) is 20.3. The van der Waals surface area contributed by atoms with Crippen molar-refractivity contribution in [2.24, 2.45) is 5.73 Å². The summed E-state index contributed by atoms with van der Waals surface area (Å²) in [4.78, 5) is 46.1. The molecule has 2 atom stereocenters. The van der Waals surface area contributed by atoms with Crippen LogP contribution in [-0.2, 0) is 9.59 Å². The van der Waals surface area contributed by atoms with E-state index in [2.05, 4.69) is 20.4 Å². The lowest BCUT2D eigenvalue weighted by molar-refractivity contribution is -0.147. The van der Waals surface area contributed by atoms with Crippen molar-refractivity contribution in [1.29, 1.82) is 0 Å². The molecule has 162 valence electrons. The molecule has 0 bridgehead atoms. The van der Waals surface area contributed by atoms with E-state index in [0.29, 0.717) is 27.9 Å². The van der Waals surface area contributed by atoms with E-state index in [1.807, 2.05) is 6.92 Å². The second kappa shape index (κ2) is 7.50. The fraction of sp³-hybridized carbons (Fsp3) is 0.444. The zero-order valence-electron chi connectivity index (χ0n) is 16.4. The molecule has 0 spiro atoms. The van der Waals surface area contributed by atoms with Gasteiger partial charge in [0.05, 0.1) is 0 Å². The first-order chi connectivity index (χ1) is 14.8. The van der Waals surface area contributed by atoms with Gasteiger partial charge in [0.25, 0.3) is 11.7 Å². The van der Waals surface area contributed by atoms with Crippen LogP contribution in [0, 0.1) is 6.92 Å². The van der Waals surface area contributed by atoms with Crippen LogP contribution in [0.15, 0.2) is 22.4 Å². The van der Waals surface area contributed by atoms with Crippen LogP contribution in [0.3, 0.4) is 0 Å². The van der Waals surface area contributed by atoms with Gasteiger partial charge < -0.3 is 16.2 Å². The highest BCUT2D eigenvalue weighted by atomic mass is 32.2. The summed E-state index contributed by atoms with van der Waals surface area (Å²) < 4.78 is 1.51. The van der Waals surface area contributed by atoms with Gasteiger partial charge in [0.2, 0.25) is 11.7 Å². The number of hydrogen-bond donors (Lipinski definition) is 3. The van der Waals surface area contributed by atoms with E-state index in [9.17, 15) is 19.5 Å². The van der Waals surface area contributed by atoms with Crippen LogP contribution in [0.1, 0.15) is 29.2 Å². The molecular weight excluding hydrogens is 442 g/mol. The monoisotopic (exact) mass is 461 g/mol. The molecule has 5 rings (SSSR count). The SMILES string of the molecule is Cc1cc(SCC2=C(C(=O)O)N3C(=O)[C@@H](N)[C@H]3SC2)nc2nc(C(=O)NC3CC3)nn12. The predicted molar refractivity (Wildman–Crippen MR) is 112 cm³/mol. The zero-order valence-corrected chi connectivity index (χ0v) is 18.1. The quantitative estimate of drug-likeness (QED) is 0.304. The molecule has 2 aliphatic heterocycles. The fourth-order valence-corrected chi connectivity index (χ4v) is 5.87. The predicted octanol–water partition coefficient (Wildman–Crippen LogP) is -0.00188. The second-order valence-corrected chi connectivity index (χ2v) is 9.71. The lowest BCUT2D eigenvalue weighted by Crippen LogP contribution is -2.68. The van der Waals surface area contributed by atoms with Gasteiger partial charge in [-0.05, 0) is 31.4 Å². The lowest BCUT2D eigenvalue weighted by atomic mass is 10.0. The van der Waals surface area contributed by atoms with E-state index in [1.54, 1.807) is 6.07 Å². The number of β-lactam (4-membered cyclic amide) rings is 1. The van der Waals surface area contributed by atoms with Crippen LogP contribution < -0.4 is 11.1 Å². The van der Waals surface area contributed by atoms with E-state index in [4.69, 9.17) is 5.73 Å². The van der Waals surface area contributed by atoms with Gasteiger partial charge in [-0.1, -0.05) is 0 Å². The molecular formula is C18H19N7O4S2. The minimum absolute atomic E-state index is 0.0160. The normalized spacial score (nSPS) is 23.0. The highest BCUT2D eigenvalue weighted by Crippen LogP contribution is 2.40. The minimum Gasteiger partial charge on any atom is -0.477 e. The average molecular weight is 462 g/mol. The molecule has 31 heavy (non-hydrogen) atoms. The Balaban J connectivity index is 1.37. The summed E-state index contributed by atoms with van der Waals surface area (Å²) in [5, 5.41) is 17.1. The van der Waals surface area contributed by atoms with Gasteiger partial charge in [0.1, 0.15) is 22.1 Å². The maximum atomic E-state index is 12.2. The van der Waals surface area contributed by atoms with Gasteiger partial charge in [-0.3, -0.25) is 14.5 Å². The number of fused-ring (bicyclic) bond motifs is 2. The molecule has 0 radical (unpaired) electrons. The summed E-state index contributed by atoms with van der Waals surface area (Å²) in [6.45, 7) is 1.83. The molecule has 11 nitrogen and oxygen atoms in total. The fourth-order valence-electron chi connectivity index (χ4n) is 3.48. The largest absolute Gasteiger partial charge is 0.477 e. The summed E-state index contributed by atoms with van der Waals surface area (Å²) in [6.07, 6.45) is 1.94. The Kier molecular flexibility index (Phi) is 4.90. The number of aliphatic carboxylic acids is 1. The van der Waals surface area contributed by atoms with Gasteiger partial charge in [0.15, 0.2) is 0 Å². The zero-order chi connectivity index (χ0) is 21.9. The minimum atomic E-state index is -1.13. The molecule has 2 amide bonds. The van der Waals surface area contributed by atoms with Crippen molar-refractivity contribution in [2.75, 3.05) is 11.5 Å². The Hall–Kier alpha value is -2.64. The highest BCUT2D eigenvalue weighted by molar-refractivity contribution is 8.01. The van der Waals surface area contributed by atoms with Crippen LogP contribution >= 0.6 is 23.5 Å². The Labute approximate surface area is 184 Å². The third-order valence-corrected chi connectivity index (χ3v) is 7.63. The third kappa shape index (κ3) is 3.55. The Morgan fingerprint density at radius 2 is 2.16 bits per heavy atom. The molecule has 3 aliphatic rings. The number of amides is 2. The Morgan fingerprint density at radius 1 is 1.39 bits per heavy atom. The van der Waals surface area contributed by atoms with Gasteiger partial charge in [-0.2, -0.15) is 4.98 Å². The molecule has 1 aliphatic carbocycles. The van der Waals surface area contributed by atoms with E-state index in [-0.39, 0.29) is 34.8 Å². The number of carboxylic acids is 1. The number of nitrogens with two attached hydrogens (primary N) is 1. The van der Waals surface area contributed by atoms with Crippen LogP contribution in [-0.4, -0.2) is 76.3 Å². The Morgan fingerprint density at radius 3 is 2.87 bits per heavy atom. The van der Waals surface area contributed by atoms with Gasteiger partial charge >= 0.3 is 5.97 Å². The summed E-state index contributed by atoms with van der Waals surface area (Å²) in [6, 6.07) is 1.36. The first-order valence-electron chi connectivity index (χ1n) is 9.67. The number of thioether (sulfide) groups is 2. The Bertz CT molecular complexity index is 1160. The molecule has 0 aromatic carbocycles.